The van der Waals surface area contributed by atoms with Gasteiger partial charge in [0.05, 0.1) is 23.3 Å². The van der Waals surface area contributed by atoms with E-state index in [1.165, 1.54) is 12.4 Å². The number of amides is 2. The Labute approximate surface area is 222 Å². The van der Waals surface area contributed by atoms with E-state index in [0.717, 1.165) is 11.1 Å². The maximum Gasteiger partial charge on any atom is 0.449 e. The van der Waals surface area contributed by atoms with Crippen molar-refractivity contribution in [3.05, 3.63) is 95.6 Å². The lowest BCUT2D eigenvalue weighted by Gasteiger charge is -2.45. The Morgan fingerprint density at radius 2 is 1.67 bits per heavy atom. The summed E-state index contributed by atoms with van der Waals surface area (Å²) in [5.74, 6) is -1.84. The number of nitrogens with zero attached hydrogens (tertiary/aromatic N) is 4. The van der Waals surface area contributed by atoms with Gasteiger partial charge >= 0.3 is 6.18 Å². The van der Waals surface area contributed by atoms with E-state index in [2.05, 4.69) is 25.2 Å². The van der Waals surface area contributed by atoms with Crippen molar-refractivity contribution in [3.8, 4) is 0 Å². The summed E-state index contributed by atoms with van der Waals surface area (Å²) in [7, 11) is 1.56. The molecular formula is C28H27F3N6O2. The zero-order valence-electron chi connectivity index (χ0n) is 21.2. The van der Waals surface area contributed by atoms with E-state index >= 15 is 0 Å². The predicted molar refractivity (Wildman–Crippen MR) is 139 cm³/mol. The molecule has 1 aliphatic rings. The molecule has 0 spiro atoms. The summed E-state index contributed by atoms with van der Waals surface area (Å²) in [4.78, 5) is 39.8. The number of carbonyl (C=O) groups is 2. The number of alkyl halides is 3. The first-order valence-corrected chi connectivity index (χ1v) is 12.5. The van der Waals surface area contributed by atoms with Gasteiger partial charge in [0.25, 0.3) is 5.91 Å². The molecule has 2 amide bonds. The van der Waals surface area contributed by atoms with Crippen molar-refractivity contribution in [3.63, 3.8) is 0 Å². The molecule has 39 heavy (non-hydrogen) atoms. The van der Waals surface area contributed by atoms with Gasteiger partial charge in [-0.3, -0.25) is 19.5 Å². The third-order valence-corrected chi connectivity index (χ3v) is 6.97. The second-order valence-electron chi connectivity index (χ2n) is 9.41. The standard InChI is InChI=1S/C28H27F3N6O2/c1-32-23(38)14-20-17-36(26(39)21-15-33-16-22-24(21)35-27(34-22)28(29,30)31)12-13-37(20)25(18-8-4-2-5-9-18)19-10-6-3-7-11-19/h2-11,15-16,20,25H,12-14,17H2,1H3,(H,32,38)(H,34,35)/t20-/m1/s1. The lowest BCUT2D eigenvalue weighted by atomic mass is 9.93. The van der Waals surface area contributed by atoms with Gasteiger partial charge in [0.2, 0.25) is 11.7 Å². The summed E-state index contributed by atoms with van der Waals surface area (Å²) in [6.07, 6.45) is -2.10. The summed E-state index contributed by atoms with van der Waals surface area (Å²) in [6, 6.07) is 19.4. The smallest absolute Gasteiger partial charge is 0.359 e. The summed E-state index contributed by atoms with van der Waals surface area (Å²) >= 11 is 0. The van der Waals surface area contributed by atoms with Crippen LogP contribution >= 0.6 is 0 Å². The van der Waals surface area contributed by atoms with Crippen LogP contribution in [0.5, 0.6) is 0 Å². The third kappa shape index (κ3) is 5.49. The maximum absolute atomic E-state index is 13.6. The molecule has 2 aromatic heterocycles. The molecule has 1 saturated heterocycles. The van der Waals surface area contributed by atoms with Crippen molar-refractivity contribution < 1.29 is 22.8 Å². The van der Waals surface area contributed by atoms with E-state index in [-0.39, 0.29) is 47.6 Å². The number of hydrogen-bond donors (Lipinski definition) is 2. The first-order chi connectivity index (χ1) is 18.8. The lowest BCUT2D eigenvalue weighted by Crippen LogP contribution is -2.56. The number of halogens is 3. The molecule has 0 unspecified atom stereocenters. The number of pyridine rings is 1. The van der Waals surface area contributed by atoms with Gasteiger partial charge in [-0.05, 0) is 11.1 Å². The average Bonchev–Trinajstić information content (AvgIpc) is 3.40. The van der Waals surface area contributed by atoms with Crippen LogP contribution in [0.3, 0.4) is 0 Å². The van der Waals surface area contributed by atoms with Gasteiger partial charge in [0.1, 0.15) is 5.52 Å². The number of nitrogens with one attached hydrogen (secondary N) is 2. The number of hydrogen-bond acceptors (Lipinski definition) is 5. The van der Waals surface area contributed by atoms with Gasteiger partial charge in [0.15, 0.2) is 0 Å². The van der Waals surface area contributed by atoms with E-state index < -0.39 is 17.9 Å². The Bertz CT molecular complexity index is 1420. The number of benzene rings is 2. The fourth-order valence-corrected chi connectivity index (χ4v) is 5.13. The van der Waals surface area contributed by atoms with Crippen molar-refractivity contribution in [1.29, 1.82) is 0 Å². The molecule has 0 aliphatic carbocycles. The maximum atomic E-state index is 13.6. The molecule has 5 rings (SSSR count). The van der Waals surface area contributed by atoms with E-state index in [9.17, 15) is 22.8 Å². The highest BCUT2D eigenvalue weighted by Gasteiger charge is 2.38. The second-order valence-corrected chi connectivity index (χ2v) is 9.41. The SMILES string of the molecule is CNC(=O)C[C@@H]1CN(C(=O)c2cncc3[nH]c(C(F)(F)F)nc23)CCN1C(c1ccccc1)c1ccccc1. The Morgan fingerprint density at radius 3 is 2.26 bits per heavy atom. The van der Waals surface area contributed by atoms with Crippen molar-refractivity contribution in [2.75, 3.05) is 26.7 Å². The number of rotatable bonds is 6. The Morgan fingerprint density at radius 1 is 1.03 bits per heavy atom. The second kappa shape index (κ2) is 10.9. The molecule has 1 aliphatic heterocycles. The molecule has 0 saturated carbocycles. The van der Waals surface area contributed by atoms with Gasteiger partial charge < -0.3 is 15.2 Å². The lowest BCUT2D eigenvalue weighted by molar-refractivity contribution is -0.144. The Balaban J connectivity index is 1.48. The summed E-state index contributed by atoms with van der Waals surface area (Å²) in [5.41, 5.74) is 2.03. The van der Waals surface area contributed by atoms with Crippen LogP contribution in [-0.4, -0.2) is 69.3 Å². The van der Waals surface area contributed by atoms with E-state index in [0.29, 0.717) is 13.1 Å². The Kier molecular flexibility index (Phi) is 7.34. The molecule has 3 heterocycles. The molecule has 8 nitrogen and oxygen atoms in total. The fraction of sp³-hybridized carbons (Fsp3) is 0.286. The molecule has 1 atom stereocenters. The first-order valence-electron chi connectivity index (χ1n) is 12.5. The largest absolute Gasteiger partial charge is 0.449 e. The molecule has 1 fully saturated rings. The van der Waals surface area contributed by atoms with Crippen LogP contribution in [0, 0.1) is 0 Å². The minimum Gasteiger partial charge on any atom is -0.359 e. The van der Waals surface area contributed by atoms with Crippen LogP contribution in [-0.2, 0) is 11.0 Å². The monoisotopic (exact) mass is 536 g/mol. The molecule has 11 heteroatoms. The van der Waals surface area contributed by atoms with Crippen molar-refractivity contribution >= 4 is 22.8 Å². The first kappa shape index (κ1) is 26.4. The van der Waals surface area contributed by atoms with E-state index in [1.807, 2.05) is 60.7 Å². The number of piperazine rings is 1. The fourth-order valence-electron chi connectivity index (χ4n) is 5.13. The normalized spacial score (nSPS) is 16.5. The summed E-state index contributed by atoms with van der Waals surface area (Å²) in [5, 5.41) is 2.67. The van der Waals surface area contributed by atoms with Gasteiger partial charge in [-0.2, -0.15) is 13.2 Å². The molecule has 2 aromatic carbocycles. The zero-order valence-corrected chi connectivity index (χ0v) is 21.2. The molecule has 4 aromatic rings. The van der Waals surface area contributed by atoms with Gasteiger partial charge in [-0.15, -0.1) is 0 Å². The number of imidazole rings is 1. The third-order valence-electron chi connectivity index (χ3n) is 6.97. The number of fused-ring (bicyclic) bond motifs is 1. The van der Waals surface area contributed by atoms with Crippen molar-refractivity contribution in [2.45, 2.75) is 24.7 Å². The van der Waals surface area contributed by atoms with Crippen LogP contribution in [0.25, 0.3) is 11.0 Å². The zero-order chi connectivity index (χ0) is 27.6. The van der Waals surface area contributed by atoms with E-state index in [1.54, 1.807) is 11.9 Å². The van der Waals surface area contributed by atoms with Crippen LogP contribution in [0.4, 0.5) is 13.2 Å². The van der Waals surface area contributed by atoms with Gasteiger partial charge in [-0.1, -0.05) is 60.7 Å². The number of carbonyl (C=O) groups excluding carboxylic acids is 2. The van der Waals surface area contributed by atoms with Gasteiger partial charge in [0, 0.05) is 45.3 Å². The van der Waals surface area contributed by atoms with Crippen LogP contribution in [0.1, 0.15) is 39.8 Å². The van der Waals surface area contributed by atoms with Crippen molar-refractivity contribution in [2.24, 2.45) is 0 Å². The molecule has 202 valence electrons. The predicted octanol–water partition coefficient (Wildman–Crippen LogP) is 4.03. The minimum absolute atomic E-state index is 0.0194. The molecule has 0 bridgehead atoms. The number of aromatic nitrogens is 3. The van der Waals surface area contributed by atoms with E-state index in [4.69, 9.17) is 0 Å². The summed E-state index contributed by atoms with van der Waals surface area (Å²) in [6.45, 7) is 0.959. The highest BCUT2D eigenvalue weighted by Crippen LogP contribution is 2.34. The number of H-pyrrole nitrogens is 1. The average molecular weight is 537 g/mol. The highest BCUT2D eigenvalue weighted by atomic mass is 19.4. The minimum atomic E-state index is -4.69. The van der Waals surface area contributed by atoms with Crippen LogP contribution in [0.2, 0.25) is 0 Å². The van der Waals surface area contributed by atoms with Crippen molar-refractivity contribution in [1.82, 2.24) is 30.1 Å². The van der Waals surface area contributed by atoms with Crippen LogP contribution in [0.15, 0.2) is 73.1 Å². The topological polar surface area (TPSA) is 94.2 Å². The molecule has 2 N–H and O–H groups in total. The highest BCUT2D eigenvalue weighted by molar-refractivity contribution is 6.04. The van der Waals surface area contributed by atoms with Crippen LogP contribution < -0.4 is 5.32 Å². The summed E-state index contributed by atoms with van der Waals surface area (Å²) < 4.78 is 39.8. The molecular weight excluding hydrogens is 509 g/mol. The van der Waals surface area contributed by atoms with Gasteiger partial charge in [-0.25, -0.2) is 4.98 Å². The molecule has 0 radical (unpaired) electrons. The number of aromatic amines is 1. The Hall–Kier alpha value is -4.25. The quantitative estimate of drug-likeness (QED) is 0.388.